The summed E-state index contributed by atoms with van der Waals surface area (Å²) in [5.74, 6) is -0.829. The van der Waals surface area contributed by atoms with Crippen LogP contribution in [-0.2, 0) is 14.3 Å². The van der Waals surface area contributed by atoms with Crippen molar-refractivity contribution in [2.75, 3.05) is 39.9 Å². The van der Waals surface area contributed by atoms with Gasteiger partial charge in [-0.3, -0.25) is 19.8 Å². The fourth-order valence-corrected chi connectivity index (χ4v) is 5.34. The molecule has 1 fully saturated rings. The summed E-state index contributed by atoms with van der Waals surface area (Å²) in [6.07, 6.45) is 0. The lowest BCUT2D eigenvalue weighted by molar-refractivity contribution is -0.153. The van der Waals surface area contributed by atoms with Gasteiger partial charge in [0.15, 0.2) is 5.92 Å². The van der Waals surface area contributed by atoms with Crippen LogP contribution in [0, 0.1) is 5.92 Å². The van der Waals surface area contributed by atoms with Crippen LogP contribution < -0.4 is 10.1 Å². The predicted octanol–water partition coefficient (Wildman–Crippen LogP) is 3.81. The molecule has 0 aliphatic carbocycles. The zero-order valence-corrected chi connectivity index (χ0v) is 22.3. The summed E-state index contributed by atoms with van der Waals surface area (Å²) in [4.78, 5) is 35.5. The van der Waals surface area contributed by atoms with E-state index in [9.17, 15) is 9.59 Å². The standard InChI is InChI=1S/C31H34N4O4/c1-3-39-30(37)26-27(22-14-16-25(38-2)17-15-22)32-31(33-29(26)36)35-20-18-34(19-21-35)28(23-10-6-4-7-11-23)24-12-8-5-9-13-24/h4-17,26-28H,3,18-21H2,1-2H3,(H,32,33,36)/t26-,27+/m0/s1. The van der Waals surface area contributed by atoms with Gasteiger partial charge < -0.3 is 14.4 Å². The minimum atomic E-state index is -1.05. The average molecular weight is 527 g/mol. The van der Waals surface area contributed by atoms with Crippen molar-refractivity contribution in [3.05, 3.63) is 102 Å². The third kappa shape index (κ3) is 5.81. The highest BCUT2D eigenvalue weighted by molar-refractivity contribution is 6.08. The number of methoxy groups -OCH3 is 1. The fraction of sp³-hybridized carbons (Fsp3) is 0.323. The molecular formula is C31H34N4O4. The summed E-state index contributed by atoms with van der Waals surface area (Å²) >= 11 is 0. The van der Waals surface area contributed by atoms with E-state index in [4.69, 9.17) is 14.5 Å². The lowest BCUT2D eigenvalue weighted by Crippen LogP contribution is -2.57. The van der Waals surface area contributed by atoms with Crippen molar-refractivity contribution in [3.8, 4) is 5.75 Å². The third-order valence-corrected chi connectivity index (χ3v) is 7.30. The number of nitrogens with zero attached hydrogens (tertiary/aromatic N) is 3. The maximum Gasteiger partial charge on any atom is 0.321 e. The van der Waals surface area contributed by atoms with Crippen LogP contribution in [0.2, 0.25) is 0 Å². The lowest BCUT2D eigenvalue weighted by Gasteiger charge is -2.42. The Labute approximate surface area is 229 Å². The Bertz CT molecular complexity index is 1250. The molecule has 0 bridgehead atoms. The van der Waals surface area contributed by atoms with Crippen molar-refractivity contribution in [1.29, 1.82) is 0 Å². The van der Waals surface area contributed by atoms with E-state index in [0.29, 0.717) is 24.8 Å². The van der Waals surface area contributed by atoms with Crippen molar-refractivity contribution in [1.82, 2.24) is 15.1 Å². The number of hydrogen-bond donors (Lipinski definition) is 1. The summed E-state index contributed by atoms with van der Waals surface area (Å²) in [6, 6.07) is 27.8. The zero-order chi connectivity index (χ0) is 27.2. The minimum Gasteiger partial charge on any atom is -0.497 e. The highest BCUT2D eigenvalue weighted by atomic mass is 16.5. The number of carbonyl (C=O) groups is 2. The second kappa shape index (κ2) is 12.1. The maximum absolute atomic E-state index is 13.3. The number of carbonyl (C=O) groups excluding carboxylic acids is 2. The van der Waals surface area contributed by atoms with E-state index in [1.54, 1.807) is 14.0 Å². The maximum atomic E-state index is 13.3. The second-order valence-corrected chi connectivity index (χ2v) is 9.64. The number of guanidine groups is 1. The highest BCUT2D eigenvalue weighted by Gasteiger charge is 2.42. The van der Waals surface area contributed by atoms with Crippen molar-refractivity contribution in [2.45, 2.75) is 19.0 Å². The molecule has 8 nitrogen and oxygen atoms in total. The number of hydrogen-bond acceptors (Lipinski definition) is 7. The van der Waals surface area contributed by atoms with Crippen LogP contribution in [0.1, 0.15) is 35.7 Å². The average Bonchev–Trinajstić information content (AvgIpc) is 2.98. The molecule has 0 aromatic heterocycles. The predicted molar refractivity (Wildman–Crippen MR) is 149 cm³/mol. The molecule has 0 unspecified atom stereocenters. The Balaban J connectivity index is 1.38. The minimum absolute atomic E-state index is 0.137. The Morgan fingerprint density at radius 3 is 2.05 bits per heavy atom. The molecule has 2 heterocycles. The van der Waals surface area contributed by atoms with Crippen LogP contribution in [-0.4, -0.2) is 67.5 Å². The summed E-state index contributed by atoms with van der Waals surface area (Å²) in [5.41, 5.74) is 3.25. The molecule has 1 saturated heterocycles. The van der Waals surface area contributed by atoms with E-state index < -0.39 is 23.8 Å². The molecule has 2 atom stereocenters. The molecule has 1 N–H and O–H groups in total. The Morgan fingerprint density at radius 2 is 1.51 bits per heavy atom. The van der Waals surface area contributed by atoms with E-state index in [1.807, 2.05) is 36.4 Å². The quantitative estimate of drug-likeness (QED) is 0.373. The number of ether oxygens (including phenoxy) is 2. The van der Waals surface area contributed by atoms with Crippen LogP contribution in [0.25, 0.3) is 0 Å². The SMILES string of the molecule is CCOC(=O)[C@@H]1C(=O)NC(N2CCN(C(c3ccccc3)c3ccccc3)CC2)=N[C@@H]1c1ccc(OC)cc1. The number of rotatable bonds is 7. The molecule has 2 aliphatic heterocycles. The van der Waals surface area contributed by atoms with Crippen molar-refractivity contribution >= 4 is 17.8 Å². The molecule has 3 aromatic rings. The molecule has 0 radical (unpaired) electrons. The first-order chi connectivity index (χ1) is 19.1. The van der Waals surface area contributed by atoms with E-state index in [-0.39, 0.29) is 12.6 Å². The largest absolute Gasteiger partial charge is 0.497 e. The van der Waals surface area contributed by atoms with Gasteiger partial charge >= 0.3 is 5.97 Å². The van der Waals surface area contributed by atoms with Crippen LogP contribution in [0.4, 0.5) is 0 Å². The first kappa shape index (κ1) is 26.4. The van der Waals surface area contributed by atoms with E-state index in [2.05, 4.69) is 63.6 Å². The van der Waals surface area contributed by atoms with E-state index >= 15 is 0 Å². The number of piperazine rings is 1. The second-order valence-electron chi connectivity index (χ2n) is 9.64. The van der Waals surface area contributed by atoms with Crippen molar-refractivity contribution in [3.63, 3.8) is 0 Å². The van der Waals surface area contributed by atoms with Crippen LogP contribution >= 0.6 is 0 Å². The van der Waals surface area contributed by atoms with Gasteiger partial charge in [-0.05, 0) is 35.7 Å². The van der Waals surface area contributed by atoms with Gasteiger partial charge in [-0.15, -0.1) is 0 Å². The molecule has 0 spiro atoms. The van der Waals surface area contributed by atoms with Gasteiger partial charge in [0.25, 0.3) is 0 Å². The number of aliphatic imine (C=N–C) groups is 1. The third-order valence-electron chi connectivity index (χ3n) is 7.30. The fourth-order valence-electron chi connectivity index (χ4n) is 5.34. The monoisotopic (exact) mass is 526 g/mol. The number of nitrogens with one attached hydrogen (secondary N) is 1. The van der Waals surface area contributed by atoms with E-state index in [1.165, 1.54) is 11.1 Å². The first-order valence-electron chi connectivity index (χ1n) is 13.4. The topological polar surface area (TPSA) is 83.5 Å². The molecule has 39 heavy (non-hydrogen) atoms. The van der Waals surface area contributed by atoms with Gasteiger partial charge in [0, 0.05) is 26.2 Å². The molecule has 1 amide bonds. The highest BCUT2D eigenvalue weighted by Crippen LogP contribution is 2.33. The van der Waals surface area contributed by atoms with Gasteiger partial charge in [-0.1, -0.05) is 72.8 Å². The van der Waals surface area contributed by atoms with Gasteiger partial charge in [0.2, 0.25) is 11.9 Å². The first-order valence-corrected chi connectivity index (χ1v) is 13.4. The molecule has 202 valence electrons. The molecular weight excluding hydrogens is 492 g/mol. The van der Waals surface area contributed by atoms with E-state index in [0.717, 1.165) is 18.7 Å². The van der Waals surface area contributed by atoms with Gasteiger partial charge in [-0.2, -0.15) is 0 Å². The van der Waals surface area contributed by atoms with Crippen LogP contribution in [0.5, 0.6) is 5.75 Å². The summed E-state index contributed by atoms with van der Waals surface area (Å²) in [6.45, 7) is 4.88. The molecule has 0 saturated carbocycles. The number of benzene rings is 3. The van der Waals surface area contributed by atoms with Gasteiger partial charge in [-0.25, -0.2) is 4.99 Å². The van der Waals surface area contributed by atoms with Gasteiger partial charge in [0.05, 0.1) is 19.8 Å². The molecule has 5 rings (SSSR count). The summed E-state index contributed by atoms with van der Waals surface area (Å²) in [5, 5.41) is 2.90. The number of esters is 1. The summed E-state index contributed by atoms with van der Waals surface area (Å²) < 4.78 is 10.5. The zero-order valence-electron chi connectivity index (χ0n) is 22.3. The molecule has 8 heteroatoms. The normalized spacial score (nSPS) is 19.8. The van der Waals surface area contributed by atoms with Crippen molar-refractivity contribution < 1.29 is 19.1 Å². The van der Waals surface area contributed by atoms with Crippen molar-refractivity contribution in [2.24, 2.45) is 10.9 Å². The summed E-state index contributed by atoms with van der Waals surface area (Å²) in [7, 11) is 1.60. The Hall–Kier alpha value is -4.17. The Morgan fingerprint density at radius 1 is 0.923 bits per heavy atom. The molecule has 2 aliphatic rings. The Kier molecular flexibility index (Phi) is 8.22. The smallest absolute Gasteiger partial charge is 0.321 e. The number of amides is 1. The molecule has 3 aromatic carbocycles. The van der Waals surface area contributed by atoms with Crippen LogP contribution in [0.3, 0.4) is 0 Å². The van der Waals surface area contributed by atoms with Gasteiger partial charge in [0.1, 0.15) is 11.8 Å². The van der Waals surface area contributed by atoms with Crippen LogP contribution in [0.15, 0.2) is 89.9 Å². The lowest BCUT2D eigenvalue weighted by atomic mass is 9.91.